The summed E-state index contributed by atoms with van der Waals surface area (Å²) in [5.74, 6) is -0.899. The molecule has 0 aromatic carbocycles. The zero-order valence-corrected chi connectivity index (χ0v) is 52.1. The Morgan fingerprint density at radius 1 is 0.253 bits per heavy atom. The van der Waals surface area contributed by atoms with Crippen LogP contribution in [0, 0.1) is 0 Å². The lowest BCUT2D eigenvalue weighted by Crippen LogP contribution is -2.30. The van der Waals surface area contributed by atoms with Crippen molar-refractivity contribution in [2.45, 2.75) is 335 Å². The quantitative estimate of drug-likeness (QED) is 0.0261. The molecule has 0 aromatic heterocycles. The summed E-state index contributed by atoms with van der Waals surface area (Å²) in [6.07, 6.45) is 89.7. The van der Waals surface area contributed by atoms with Gasteiger partial charge in [-0.25, -0.2) is 0 Å². The number of hydrogen-bond acceptors (Lipinski definition) is 6. The second-order valence-electron chi connectivity index (χ2n) is 22.4. The minimum absolute atomic E-state index is 0.0871. The molecule has 0 saturated heterocycles. The molecule has 0 heterocycles. The van der Waals surface area contributed by atoms with Gasteiger partial charge in [0.05, 0.1) is 0 Å². The van der Waals surface area contributed by atoms with Crippen molar-refractivity contribution in [1.29, 1.82) is 0 Å². The predicted molar refractivity (Wildman–Crippen MR) is 344 cm³/mol. The molecule has 0 fully saturated rings. The molecule has 6 heteroatoms. The van der Waals surface area contributed by atoms with Crippen LogP contribution in [0.1, 0.15) is 329 Å². The molecule has 0 N–H and O–H groups in total. The highest BCUT2D eigenvalue weighted by Crippen LogP contribution is 2.16. The summed E-state index contributed by atoms with van der Waals surface area (Å²) in [7, 11) is 0. The summed E-state index contributed by atoms with van der Waals surface area (Å²) in [6.45, 7) is 6.59. The van der Waals surface area contributed by atoms with Crippen molar-refractivity contribution in [3.63, 3.8) is 0 Å². The first-order valence-electron chi connectivity index (χ1n) is 33.7. The zero-order valence-electron chi connectivity index (χ0n) is 52.1. The number of carbonyl (C=O) groups is 3. The maximum absolute atomic E-state index is 12.9. The van der Waals surface area contributed by atoms with Gasteiger partial charge in [0.2, 0.25) is 0 Å². The van der Waals surface area contributed by atoms with E-state index in [0.29, 0.717) is 19.3 Å². The Hall–Kier alpha value is -3.67. The summed E-state index contributed by atoms with van der Waals surface area (Å²) in [4.78, 5) is 38.4. The number of unbranched alkanes of at least 4 members (excludes halogenated alkanes) is 34. The van der Waals surface area contributed by atoms with Crippen LogP contribution in [0.15, 0.2) is 97.2 Å². The molecule has 6 nitrogen and oxygen atoms in total. The first-order chi connectivity index (χ1) is 39.0. The van der Waals surface area contributed by atoms with Gasteiger partial charge in [-0.2, -0.15) is 0 Å². The van der Waals surface area contributed by atoms with Gasteiger partial charge in [0.25, 0.3) is 0 Å². The van der Waals surface area contributed by atoms with E-state index in [-0.39, 0.29) is 31.1 Å². The Kier molecular flexibility index (Phi) is 63.7. The van der Waals surface area contributed by atoms with Crippen LogP contribution < -0.4 is 0 Å². The second kappa shape index (κ2) is 66.8. The van der Waals surface area contributed by atoms with Gasteiger partial charge >= 0.3 is 17.9 Å². The van der Waals surface area contributed by atoms with Crippen LogP contribution in [0.25, 0.3) is 0 Å². The van der Waals surface area contributed by atoms with Gasteiger partial charge in [-0.15, -0.1) is 0 Å². The van der Waals surface area contributed by atoms with E-state index in [1.54, 1.807) is 0 Å². The van der Waals surface area contributed by atoms with E-state index < -0.39 is 6.10 Å². The molecule has 0 radical (unpaired) electrons. The van der Waals surface area contributed by atoms with Gasteiger partial charge < -0.3 is 14.2 Å². The Bertz CT molecular complexity index is 1540. The zero-order chi connectivity index (χ0) is 57.1. The highest BCUT2D eigenvalue weighted by Gasteiger charge is 2.19. The van der Waals surface area contributed by atoms with Crippen molar-refractivity contribution < 1.29 is 28.6 Å². The van der Waals surface area contributed by atoms with Crippen molar-refractivity contribution in [2.24, 2.45) is 0 Å². The molecule has 0 aliphatic rings. The molecule has 79 heavy (non-hydrogen) atoms. The molecule has 0 aliphatic carbocycles. The number of hydrogen-bond donors (Lipinski definition) is 0. The minimum atomic E-state index is -0.793. The molecular weight excluding hydrogens is 973 g/mol. The van der Waals surface area contributed by atoms with E-state index in [1.807, 2.05) is 0 Å². The van der Waals surface area contributed by atoms with Crippen LogP contribution in [0.3, 0.4) is 0 Å². The average molecular weight is 1100 g/mol. The van der Waals surface area contributed by atoms with Crippen LogP contribution in [-0.4, -0.2) is 37.2 Å². The van der Waals surface area contributed by atoms with Crippen LogP contribution in [0.4, 0.5) is 0 Å². The molecule has 454 valence electrons. The van der Waals surface area contributed by atoms with Gasteiger partial charge in [0, 0.05) is 19.3 Å². The fraction of sp³-hybridized carbons (Fsp3) is 0.740. The third-order valence-electron chi connectivity index (χ3n) is 14.5. The van der Waals surface area contributed by atoms with E-state index >= 15 is 0 Å². The fourth-order valence-corrected chi connectivity index (χ4v) is 9.43. The SMILES string of the molecule is CCCCC/C=C\C/C=C\C/C=C\CCCCCCCCC(=O)OC(COC(=O)CCCCCCCCCC/C=C\C/C=C\C/C=C\CCCCCCC)COC(=O)CCCCCCCCCCC/C=C\C/C=C\CCCCC. The maximum Gasteiger partial charge on any atom is 0.306 e. The first-order valence-corrected chi connectivity index (χ1v) is 33.7. The van der Waals surface area contributed by atoms with E-state index in [2.05, 4.69) is 118 Å². The van der Waals surface area contributed by atoms with Crippen LogP contribution >= 0.6 is 0 Å². The summed E-state index contributed by atoms with van der Waals surface area (Å²) in [5, 5.41) is 0. The summed E-state index contributed by atoms with van der Waals surface area (Å²) >= 11 is 0. The van der Waals surface area contributed by atoms with Gasteiger partial charge in [-0.1, -0.05) is 279 Å². The average Bonchev–Trinajstić information content (AvgIpc) is 3.45. The molecule has 0 amide bonds. The van der Waals surface area contributed by atoms with Crippen LogP contribution in [0.5, 0.6) is 0 Å². The highest BCUT2D eigenvalue weighted by molar-refractivity contribution is 5.71. The molecule has 0 bridgehead atoms. The summed E-state index contributed by atoms with van der Waals surface area (Å²) < 4.78 is 17.0. The number of esters is 3. The lowest BCUT2D eigenvalue weighted by Gasteiger charge is -2.18. The Morgan fingerprint density at radius 2 is 0.456 bits per heavy atom. The third-order valence-corrected chi connectivity index (χ3v) is 14.5. The van der Waals surface area contributed by atoms with Gasteiger partial charge in [-0.3, -0.25) is 14.4 Å². The molecule has 0 aromatic rings. The fourth-order valence-electron chi connectivity index (χ4n) is 9.43. The number of rotatable bonds is 61. The largest absolute Gasteiger partial charge is 0.462 e. The second-order valence-corrected chi connectivity index (χ2v) is 22.4. The van der Waals surface area contributed by atoms with E-state index in [4.69, 9.17) is 14.2 Å². The first kappa shape index (κ1) is 75.3. The van der Waals surface area contributed by atoms with Crippen LogP contribution in [-0.2, 0) is 28.6 Å². The summed E-state index contributed by atoms with van der Waals surface area (Å²) in [6, 6.07) is 0. The molecule has 0 saturated carbocycles. The lowest BCUT2D eigenvalue weighted by molar-refractivity contribution is -0.167. The van der Waals surface area contributed by atoms with Crippen molar-refractivity contribution in [2.75, 3.05) is 13.2 Å². The molecule has 1 unspecified atom stereocenters. The lowest BCUT2D eigenvalue weighted by atomic mass is 10.1. The van der Waals surface area contributed by atoms with E-state index in [9.17, 15) is 14.4 Å². The molecule has 1 atom stereocenters. The topological polar surface area (TPSA) is 78.9 Å². The summed E-state index contributed by atoms with van der Waals surface area (Å²) in [5.41, 5.74) is 0. The normalized spacial score (nSPS) is 12.7. The van der Waals surface area contributed by atoms with Crippen molar-refractivity contribution in [3.8, 4) is 0 Å². The van der Waals surface area contributed by atoms with Crippen molar-refractivity contribution in [1.82, 2.24) is 0 Å². The standard InChI is InChI=1S/C73H126O6/c1-4-7-10-13-16-19-22-25-28-31-34-35-36-37-40-42-45-48-51-54-57-60-63-66-72(75)78-69-70(79-73(76)67-64-61-58-55-52-49-46-43-39-33-30-27-24-21-18-15-12-9-6-3)68-77-71(74)65-62-59-56-53-50-47-44-41-38-32-29-26-23-20-17-14-11-8-5-2/h17-18,20-22,25-27,29-31,34,36-37,39,43,70H,4-16,19,23-24,28,32-33,35,38,40-42,44-69H2,1-3H3/b20-17-,21-18-,25-22-,29-26-,30-27-,34-31-,37-36-,43-39-. The van der Waals surface area contributed by atoms with Crippen molar-refractivity contribution in [3.05, 3.63) is 97.2 Å². The van der Waals surface area contributed by atoms with E-state index in [0.717, 1.165) is 109 Å². The number of ether oxygens (including phenoxy) is 3. The van der Waals surface area contributed by atoms with Gasteiger partial charge in [-0.05, 0) is 128 Å². The number of carbonyl (C=O) groups excluding carboxylic acids is 3. The molecule has 0 rings (SSSR count). The molecule has 0 spiro atoms. The Morgan fingerprint density at radius 3 is 0.734 bits per heavy atom. The maximum atomic E-state index is 12.9. The third kappa shape index (κ3) is 65.0. The van der Waals surface area contributed by atoms with Crippen LogP contribution in [0.2, 0.25) is 0 Å². The molecule has 0 aliphatic heterocycles. The van der Waals surface area contributed by atoms with Gasteiger partial charge in [0.1, 0.15) is 13.2 Å². The van der Waals surface area contributed by atoms with Gasteiger partial charge in [0.15, 0.2) is 6.10 Å². The monoisotopic (exact) mass is 1100 g/mol. The predicted octanol–water partition coefficient (Wildman–Crippen LogP) is 23.2. The minimum Gasteiger partial charge on any atom is -0.462 e. The Labute approximate surface area is 489 Å². The number of allylic oxidation sites excluding steroid dienone is 16. The van der Waals surface area contributed by atoms with E-state index in [1.165, 1.54) is 180 Å². The Balaban J connectivity index is 4.42. The van der Waals surface area contributed by atoms with Crippen molar-refractivity contribution >= 4 is 17.9 Å². The highest BCUT2D eigenvalue weighted by atomic mass is 16.6. The smallest absolute Gasteiger partial charge is 0.306 e. The molecular formula is C73H126O6.